The first-order valence-electron chi connectivity index (χ1n) is 5.89. The minimum atomic E-state index is -0.836. The van der Waals surface area contributed by atoms with Gasteiger partial charge in [-0.25, -0.2) is 8.78 Å². The zero-order chi connectivity index (χ0) is 15.6. The summed E-state index contributed by atoms with van der Waals surface area (Å²) >= 11 is 6.06. The van der Waals surface area contributed by atoms with Crippen molar-refractivity contribution in [3.05, 3.63) is 58.1 Å². The van der Waals surface area contributed by atoms with Gasteiger partial charge in [0.2, 0.25) is 0 Å². The van der Waals surface area contributed by atoms with E-state index in [0.717, 1.165) is 12.1 Å². The van der Waals surface area contributed by atoms with E-state index in [1.54, 1.807) is 0 Å². The molecule has 0 amide bonds. The van der Waals surface area contributed by atoms with Gasteiger partial charge in [0, 0.05) is 11.6 Å². The Balaban J connectivity index is 2.55. The summed E-state index contributed by atoms with van der Waals surface area (Å²) in [4.78, 5) is 12.4. The Kier molecular flexibility index (Phi) is 4.43. The van der Waals surface area contributed by atoms with Crippen molar-refractivity contribution in [3.8, 4) is 11.5 Å². The van der Waals surface area contributed by atoms with E-state index >= 15 is 0 Å². The third-order valence-electron chi connectivity index (χ3n) is 2.86. The molecule has 0 unspecified atom stereocenters. The van der Waals surface area contributed by atoms with Gasteiger partial charge in [-0.05, 0) is 24.3 Å². The second kappa shape index (κ2) is 6.10. The van der Waals surface area contributed by atoms with E-state index in [0.29, 0.717) is 11.8 Å². The minimum Gasteiger partial charge on any atom is -0.495 e. The van der Waals surface area contributed by atoms with E-state index in [-0.39, 0.29) is 21.9 Å². The van der Waals surface area contributed by atoms with Crippen molar-refractivity contribution in [1.29, 1.82) is 0 Å². The second-order valence-electron chi connectivity index (χ2n) is 4.15. The van der Waals surface area contributed by atoms with Gasteiger partial charge >= 0.3 is 0 Å². The molecule has 0 aliphatic heterocycles. The molecule has 0 aromatic heterocycles. The van der Waals surface area contributed by atoms with Crippen LogP contribution in [0.1, 0.15) is 15.9 Å². The van der Waals surface area contributed by atoms with Gasteiger partial charge in [0.05, 0.1) is 19.8 Å². The minimum absolute atomic E-state index is 0.0886. The molecule has 0 heterocycles. The van der Waals surface area contributed by atoms with Gasteiger partial charge < -0.3 is 9.47 Å². The average molecular weight is 313 g/mol. The smallest absolute Gasteiger partial charge is 0.197 e. The molecule has 3 nitrogen and oxygen atoms in total. The molecule has 110 valence electrons. The lowest BCUT2D eigenvalue weighted by Crippen LogP contribution is -2.06. The van der Waals surface area contributed by atoms with Crippen molar-refractivity contribution < 1.29 is 23.0 Å². The van der Waals surface area contributed by atoms with Gasteiger partial charge in [-0.2, -0.15) is 0 Å². The summed E-state index contributed by atoms with van der Waals surface area (Å²) in [5.41, 5.74) is -0.0414. The summed E-state index contributed by atoms with van der Waals surface area (Å²) in [6.07, 6.45) is 0. The van der Waals surface area contributed by atoms with Crippen LogP contribution in [0.15, 0.2) is 30.3 Å². The maximum Gasteiger partial charge on any atom is 0.197 e. The van der Waals surface area contributed by atoms with Crippen LogP contribution in [-0.4, -0.2) is 20.0 Å². The lowest BCUT2D eigenvalue weighted by molar-refractivity contribution is 0.103. The monoisotopic (exact) mass is 312 g/mol. The van der Waals surface area contributed by atoms with Gasteiger partial charge in [0.15, 0.2) is 11.5 Å². The van der Waals surface area contributed by atoms with Crippen LogP contribution < -0.4 is 9.47 Å². The number of rotatable bonds is 4. The highest BCUT2D eigenvalue weighted by atomic mass is 35.5. The third kappa shape index (κ3) is 2.97. The fourth-order valence-electron chi connectivity index (χ4n) is 1.91. The number of ketones is 1. The second-order valence-corrected chi connectivity index (χ2v) is 4.53. The maximum absolute atomic E-state index is 13.2. The van der Waals surface area contributed by atoms with E-state index in [1.165, 1.54) is 26.4 Å². The highest BCUT2D eigenvalue weighted by Crippen LogP contribution is 2.37. The Morgan fingerprint density at radius 2 is 1.67 bits per heavy atom. The molecule has 2 aromatic rings. The van der Waals surface area contributed by atoms with Crippen molar-refractivity contribution in [2.75, 3.05) is 14.2 Å². The molecule has 2 rings (SSSR count). The maximum atomic E-state index is 13.2. The highest BCUT2D eigenvalue weighted by Gasteiger charge is 2.20. The summed E-state index contributed by atoms with van der Waals surface area (Å²) in [5.74, 6) is -1.86. The van der Waals surface area contributed by atoms with Crippen molar-refractivity contribution in [2.45, 2.75) is 0 Å². The molecule has 0 spiro atoms. The van der Waals surface area contributed by atoms with E-state index in [9.17, 15) is 13.6 Å². The van der Waals surface area contributed by atoms with Gasteiger partial charge in [-0.3, -0.25) is 4.79 Å². The molecule has 0 aliphatic carbocycles. The summed E-state index contributed by atoms with van der Waals surface area (Å²) in [5, 5.41) is 0.114. The van der Waals surface area contributed by atoms with E-state index in [4.69, 9.17) is 21.1 Å². The predicted molar refractivity (Wildman–Crippen MR) is 74.3 cm³/mol. The number of ether oxygens (including phenoxy) is 2. The van der Waals surface area contributed by atoms with Crippen molar-refractivity contribution >= 4 is 17.4 Å². The number of carbonyl (C=O) groups excluding carboxylic acids is 1. The Hall–Kier alpha value is -2.14. The third-order valence-corrected chi connectivity index (χ3v) is 3.21. The SMILES string of the molecule is COc1ccc(C(=O)c2cc(F)cc(F)c2)c(OC)c1Cl. The fourth-order valence-corrected chi connectivity index (χ4v) is 2.23. The van der Waals surface area contributed by atoms with Crippen LogP contribution in [0.2, 0.25) is 5.02 Å². The largest absolute Gasteiger partial charge is 0.495 e. The number of benzene rings is 2. The zero-order valence-corrected chi connectivity index (χ0v) is 12.0. The molecule has 0 atom stereocenters. The molecule has 21 heavy (non-hydrogen) atoms. The van der Waals surface area contributed by atoms with Gasteiger partial charge in [-0.1, -0.05) is 11.6 Å². The molecule has 0 N–H and O–H groups in total. The Morgan fingerprint density at radius 3 is 2.19 bits per heavy atom. The Labute approximate surface area is 125 Å². The molecular formula is C15H11ClF2O3. The van der Waals surface area contributed by atoms with Crippen LogP contribution in [0, 0.1) is 11.6 Å². The van der Waals surface area contributed by atoms with Crippen LogP contribution in [0.5, 0.6) is 11.5 Å². The van der Waals surface area contributed by atoms with Crippen LogP contribution in [0.4, 0.5) is 8.78 Å². The summed E-state index contributed by atoms with van der Waals surface area (Å²) in [6.45, 7) is 0. The number of halogens is 3. The van der Waals surface area contributed by atoms with Crippen molar-refractivity contribution in [3.63, 3.8) is 0 Å². The zero-order valence-electron chi connectivity index (χ0n) is 11.2. The molecule has 2 aromatic carbocycles. The molecule has 0 saturated heterocycles. The van der Waals surface area contributed by atoms with Crippen LogP contribution in [-0.2, 0) is 0 Å². The van der Waals surface area contributed by atoms with Crippen molar-refractivity contribution in [2.24, 2.45) is 0 Å². The lowest BCUT2D eigenvalue weighted by atomic mass is 10.0. The first kappa shape index (κ1) is 15.3. The first-order chi connectivity index (χ1) is 9.97. The van der Waals surface area contributed by atoms with Crippen LogP contribution in [0.25, 0.3) is 0 Å². The number of hydrogen-bond acceptors (Lipinski definition) is 3. The standard InChI is InChI=1S/C15H11ClF2O3/c1-20-12-4-3-11(15(21-2)13(12)16)14(19)8-5-9(17)7-10(18)6-8/h3-7H,1-2H3. The molecule has 0 saturated carbocycles. The molecule has 0 radical (unpaired) electrons. The first-order valence-corrected chi connectivity index (χ1v) is 6.27. The number of carbonyl (C=O) groups is 1. The molecule has 0 aliphatic rings. The number of methoxy groups -OCH3 is 2. The van der Waals surface area contributed by atoms with Gasteiger partial charge in [-0.15, -0.1) is 0 Å². The lowest BCUT2D eigenvalue weighted by Gasteiger charge is -2.12. The highest BCUT2D eigenvalue weighted by molar-refractivity contribution is 6.34. The summed E-state index contributed by atoms with van der Waals surface area (Å²) in [6, 6.07) is 5.49. The average Bonchev–Trinajstić information content (AvgIpc) is 2.45. The fraction of sp³-hybridized carbons (Fsp3) is 0.133. The Bertz CT molecular complexity index is 681. The van der Waals surface area contributed by atoms with Crippen molar-refractivity contribution in [1.82, 2.24) is 0 Å². The normalized spacial score (nSPS) is 10.3. The quantitative estimate of drug-likeness (QED) is 0.804. The number of hydrogen-bond donors (Lipinski definition) is 0. The van der Waals surface area contributed by atoms with E-state index in [1.807, 2.05) is 0 Å². The molecule has 0 fully saturated rings. The Morgan fingerprint density at radius 1 is 1.05 bits per heavy atom. The van der Waals surface area contributed by atoms with Gasteiger partial charge in [0.1, 0.15) is 22.4 Å². The summed E-state index contributed by atoms with van der Waals surface area (Å²) < 4.78 is 36.6. The van der Waals surface area contributed by atoms with Crippen LogP contribution >= 0.6 is 11.6 Å². The van der Waals surface area contributed by atoms with Crippen LogP contribution in [0.3, 0.4) is 0 Å². The van der Waals surface area contributed by atoms with E-state index in [2.05, 4.69) is 0 Å². The molecule has 0 bridgehead atoms. The van der Waals surface area contributed by atoms with E-state index < -0.39 is 17.4 Å². The molecular weight excluding hydrogens is 302 g/mol. The molecule has 6 heteroatoms. The van der Waals surface area contributed by atoms with Gasteiger partial charge in [0.25, 0.3) is 0 Å². The summed E-state index contributed by atoms with van der Waals surface area (Å²) in [7, 11) is 2.76. The topological polar surface area (TPSA) is 35.5 Å². The predicted octanol–water partition coefficient (Wildman–Crippen LogP) is 3.87.